The standard InChI is InChI=1S/C17H25ClO4Si/c1-10(2)17(3,4)23(6,7)22-12-8-13(20-5)15(18)14-11(12)9-21-16(14)19/h8,10H,9H2,1-7H3. The molecule has 6 heteroatoms. The predicted octanol–water partition coefficient (Wildman–Crippen LogP) is 5.04. The van der Waals surface area contributed by atoms with Gasteiger partial charge in [-0.15, -0.1) is 0 Å². The molecule has 0 saturated carbocycles. The first-order chi connectivity index (χ1) is 10.5. The van der Waals surface area contributed by atoms with Gasteiger partial charge in [0.15, 0.2) is 0 Å². The van der Waals surface area contributed by atoms with Gasteiger partial charge in [-0.25, -0.2) is 4.79 Å². The van der Waals surface area contributed by atoms with Gasteiger partial charge in [0.2, 0.25) is 0 Å². The first-order valence-electron chi connectivity index (χ1n) is 7.78. The van der Waals surface area contributed by atoms with Crippen LogP contribution in [0.15, 0.2) is 6.07 Å². The molecule has 0 saturated heterocycles. The molecule has 0 unspecified atom stereocenters. The van der Waals surface area contributed by atoms with Gasteiger partial charge in [-0.3, -0.25) is 0 Å². The Labute approximate surface area is 144 Å². The van der Waals surface area contributed by atoms with Gasteiger partial charge in [0.25, 0.3) is 8.32 Å². The van der Waals surface area contributed by atoms with Crippen molar-refractivity contribution in [2.24, 2.45) is 5.92 Å². The van der Waals surface area contributed by atoms with Gasteiger partial charge in [-0.05, 0) is 24.1 Å². The maximum Gasteiger partial charge on any atom is 0.340 e. The number of methoxy groups -OCH3 is 1. The molecule has 1 aliphatic rings. The van der Waals surface area contributed by atoms with Crippen LogP contribution in [0.3, 0.4) is 0 Å². The highest BCUT2D eigenvalue weighted by Gasteiger charge is 2.46. The third-order valence-corrected chi connectivity index (χ3v) is 10.2. The summed E-state index contributed by atoms with van der Waals surface area (Å²) in [5, 5.41) is 0.343. The zero-order chi connectivity index (χ0) is 17.6. The monoisotopic (exact) mass is 356 g/mol. The average Bonchev–Trinajstić information content (AvgIpc) is 2.84. The van der Waals surface area contributed by atoms with Crippen LogP contribution in [0.4, 0.5) is 0 Å². The fraction of sp³-hybridized carbons (Fsp3) is 0.588. The number of hydrogen-bond acceptors (Lipinski definition) is 4. The largest absolute Gasteiger partial charge is 0.543 e. The molecule has 128 valence electrons. The number of carbonyl (C=O) groups is 1. The number of fused-ring (bicyclic) bond motifs is 1. The summed E-state index contributed by atoms with van der Waals surface area (Å²) < 4.78 is 16.9. The van der Waals surface area contributed by atoms with E-state index >= 15 is 0 Å². The van der Waals surface area contributed by atoms with Crippen LogP contribution in [0.1, 0.15) is 43.6 Å². The predicted molar refractivity (Wildman–Crippen MR) is 94.1 cm³/mol. The van der Waals surface area contributed by atoms with E-state index in [1.165, 1.54) is 7.11 Å². The van der Waals surface area contributed by atoms with E-state index in [1.807, 2.05) is 0 Å². The molecule has 0 amide bonds. The summed E-state index contributed by atoms with van der Waals surface area (Å²) in [4.78, 5) is 12.0. The van der Waals surface area contributed by atoms with Crippen LogP contribution in [0.2, 0.25) is 23.2 Å². The van der Waals surface area contributed by atoms with E-state index in [0.29, 0.717) is 28.0 Å². The Bertz CT molecular complexity index is 638. The summed E-state index contributed by atoms with van der Waals surface area (Å²) in [6.07, 6.45) is 0. The molecule has 0 radical (unpaired) electrons. The molecule has 0 spiro atoms. The van der Waals surface area contributed by atoms with Gasteiger partial charge in [0.05, 0.1) is 17.7 Å². The van der Waals surface area contributed by atoms with E-state index in [0.717, 1.165) is 5.56 Å². The lowest BCUT2D eigenvalue weighted by molar-refractivity contribution is 0.0534. The summed E-state index contributed by atoms with van der Waals surface area (Å²) in [6.45, 7) is 13.5. The van der Waals surface area contributed by atoms with Crippen LogP contribution in [0.25, 0.3) is 0 Å². The highest BCUT2D eigenvalue weighted by Crippen LogP contribution is 2.47. The molecule has 1 aromatic rings. The minimum atomic E-state index is -2.12. The molecule has 1 aliphatic heterocycles. The van der Waals surface area contributed by atoms with Gasteiger partial charge in [-0.1, -0.05) is 39.3 Å². The fourth-order valence-electron chi connectivity index (χ4n) is 2.56. The summed E-state index contributed by atoms with van der Waals surface area (Å²) in [5.41, 5.74) is 1.09. The lowest BCUT2D eigenvalue weighted by Gasteiger charge is -2.42. The zero-order valence-corrected chi connectivity index (χ0v) is 16.6. The number of hydrogen-bond donors (Lipinski definition) is 0. The zero-order valence-electron chi connectivity index (χ0n) is 14.9. The Balaban J connectivity index is 2.51. The second-order valence-electron chi connectivity index (χ2n) is 7.31. The molecule has 0 aliphatic carbocycles. The van der Waals surface area contributed by atoms with Crippen molar-refractivity contribution in [1.82, 2.24) is 0 Å². The quantitative estimate of drug-likeness (QED) is 0.547. The van der Waals surface area contributed by atoms with Gasteiger partial charge < -0.3 is 13.9 Å². The Hall–Kier alpha value is -1.20. The molecule has 2 rings (SSSR count). The smallest absolute Gasteiger partial charge is 0.340 e. The van der Waals surface area contributed by atoms with Gasteiger partial charge in [-0.2, -0.15) is 0 Å². The SMILES string of the molecule is COc1cc(O[Si](C)(C)C(C)(C)C(C)C)c2c(c1Cl)C(=O)OC2. The van der Waals surface area contributed by atoms with Crippen LogP contribution in [0, 0.1) is 5.92 Å². The summed E-state index contributed by atoms with van der Waals surface area (Å²) >= 11 is 6.26. The van der Waals surface area contributed by atoms with E-state index in [4.69, 9.17) is 25.5 Å². The summed E-state index contributed by atoms with van der Waals surface area (Å²) in [6, 6.07) is 1.77. The molecule has 1 aromatic carbocycles. The van der Waals surface area contributed by atoms with Crippen molar-refractivity contribution in [2.45, 2.75) is 52.4 Å². The molecular formula is C17H25ClO4Si. The van der Waals surface area contributed by atoms with Gasteiger partial charge in [0.1, 0.15) is 18.1 Å². The van der Waals surface area contributed by atoms with Crippen LogP contribution in [0.5, 0.6) is 11.5 Å². The highest BCUT2D eigenvalue weighted by atomic mass is 35.5. The molecule has 23 heavy (non-hydrogen) atoms. The van der Waals surface area contributed by atoms with Crippen LogP contribution < -0.4 is 9.16 Å². The van der Waals surface area contributed by atoms with Crippen molar-refractivity contribution in [3.8, 4) is 11.5 Å². The first-order valence-corrected chi connectivity index (χ1v) is 11.1. The maximum absolute atomic E-state index is 12.0. The van der Waals surface area contributed by atoms with Crippen molar-refractivity contribution >= 4 is 25.9 Å². The van der Waals surface area contributed by atoms with Gasteiger partial charge >= 0.3 is 5.97 Å². The fourth-order valence-corrected chi connectivity index (χ4v) is 5.26. The number of rotatable bonds is 5. The molecule has 0 fully saturated rings. The Morgan fingerprint density at radius 2 is 1.91 bits per heavy atom. The normalized spacial score (nSPS) is 14.7. The summed E-state index contributed by atoms with van der Waals surface area (Å²) in [5.74, 6) is 1.14. The second kappa shape index (κ2) is 6.02. The molecule has 4 nitrogen and oxygen atoms in total. The molecule has 1 heterocycles. The van der Waals surface area contributed by atoms with Crippen LogP contribution >= 0.6 is 11.6 Å². The molecule has 0 aromatic heterocycles. The van der Waals surface area contributed by atoms with E-state index in [-0.39, 0.29) is 11.6 Å². The van der Waals surface area contributed by atoms with Crippen molar-refractivity contribution in [1.29, 1.82) is 0 Å². The minimum Gasteiger partial charge on any atom is -0.543 e. The Morgan fingerprint density at radius 1 is 1.30 bits per heavy atom. The number of ether oxygens (including phenoxy) is 2. The minimum absolute atomic E-state index is 0.0518. The Morgan fingerprint density at radius 3 is 2.43 bits per heavy atom. The third-order valence-electron chi connectivity index (χ3n) is 5.43. The number of cyclic esters (lactones) is 1. The molecule has 0 bridgehead atoms. The molecule has 0 atom stereocenters. The lowest BCUT2D eigenvalue weighted by atomic mass is 9.99. The molecular weight excluding hydrogens is 332 g/mol. The van der Waals surface area contributed by atoms with Crippen LogP contribution in [-0.2, 0) is 11.3 Å². The lowest BCUT2D eigenvalue weighted by Crippen LogP contribution is -2.48. The number of halogens is 1. The number of benzene rings is 1. The van der Waals surface area contributed by atoms with E-state index < -0.39 is 14.3 Å². The van der Waals surface area contributed by atoms with E-state index in [2.05, 4.69) is 40.8 Å². The van der Waals surface area contributed by atoms with Crippen molar-refractivity contribution in [3.05, 3.63) is 22.2 Å². The van der Waals surface area contributed by atoms with Gasteiger partial charge in [0, 0.05) is 11.6 Å². The van der Waals surface area contributed by atoms with Crippen molar-refractivity contribution in [2.75, 3.05) is 7.11 Å². The number of carbonyl (C=O) groups excluding carboxylic acids is 1. The van der Waals surface area contributed by atoms with Crippen molar-refractivity contribution in [3.63, 3.8) is 0 Å². The topological polar surface area (TPSA) is 44.8 Å². The van der Waals surface area contributed by atoms with E-state index in [9.17, 15) is 4.79 Å². The Kier molecular flexibility index (Phi) is 4.75. The molecule has 0 N–H and O–H groups in total. The summed E-state index contributed by atoms with van der Waals surface area (Å²) in [7, 11) is -0.592. The highest BCUT2D eigenvalue weighted by molar-refractivity contribution is 6.75. The van der Waals surface area contributed by atoms with E-state index in [1.54, 1.807) is 6.07 Å². The van der Waals surface area contributed by atoms with Crippen LogP contribution in [-0.4, -0.2) is 21.4 Å². The number of esters is 1. The first kappa shape index (κ1) is 18.1. The second-order valence-corrected chi connectivity index (χ2v) is 12.2. The average molecular weight is 357 g/mol. The maximum atomic E-state index is 12.0. The van der Waals surface area contributed by atoms with Crippen molar-refractivity contribution < 1.29 is 18.7 Å². The third kappa shape index (κ3) is 2.96.